The van der Waals surface area contributed by atoms with Gasteiger partial charge in [-0.1, -0.05) is 77.8 Å². The van der Waals surface area contributed by atoms with Crippen molar-refractivity contribution < 1.29 is 21.9 Å². The molecule has 0 aliphatic rings. The van der Waals surface area contributed by atoms with Crippen LogP contribution in [0.2, 0.25) is 10.0 Å². The maximum absolute atomic E-state index is 11.9. The van der Waals surface area contributed by atoms with Crippen LogP contribution in [0.4, 0.5) is 5.69 Å². The van der Waals surface area contributed by atoms with Crippen LogP contribution in [0.15, 0.2) is 103 Å². The molecule has 0 aliphatic heterocycles. The van der Waals surface area contributed by atoms with Crippen LogP contribution in [0, 0.1) is 10.1 Å². The predicted octanol–water partition coefficient (Wildman–Crippen LogP) is 3.40. The average molecular weight is 547 g/mol. The minimum Gasteiger partial charge on any atom is -1.00 e. The Hall–Kier alpha value is -2.23. The summed E-state index contributed by atoms with van der Waals surface area (Å²) in [5, 5.41) is 15.8. The Kier molecular flexibility index (Phi) is 8.08. The molecule has 0 fully saturated rings. The summed E-state index contributed by atoms with van der Waals surface area (Å²) >= 11 is 12.4. The molecular weight excluding hydrogens is 528 g/mol. The van der Waals surface area contributed by atoms with E-state index >= 15 is 0 Å². The van der Waals surface area contributed by atoms with Crippen molar-refractivity contribution in [1.29, 1.82) is 0 Å². The monoisotopic (exact) mass is 545 g/mol. The lowest BCUT2D eigenvalue weighted by Crippen LogP contribution is -3.00. The molecule has 162 valence electrons. The molecule has 0 bridgehead atoms. The molecule has 0 heterocycles. The van der Waals surface area contributed by atoms with Crippen molar-refractivity contribution in [2.75, 3.05) is 0 Å². The fraction of sp³-hybridized carbons (Fsp3) is 0.0400. The molecule has 0 N–H and O–H groups in total. The molecule has 0 saturated carbocycles. The number of hydrogen-bond acceptors (Lipinski definition) is 2. The van der Waals surface area contributed by atoms with E-state index in [0.29, 0.717) is 16.7 Å². The summed E-state index contributed by atoms with van der Waals surface area (Å²) in [5.41, 5.74) is 0.561. The third-order valence-electron chi connectivity index (χ3n) is 5.32. The topological polar surface area (TPSA) is 43.1 Å². The van der Waals surface area contributed by atoms with Crippen molar-refractivity contribution in [3.63, 3.8) is 0 Å². The first-order chi connectivity index (χ1) is 15.0. The van der Waals surface area contributed by atoms with E-state index in [4.69, 9.17) is 23.2 Å². The highest BCUT2D eigenvalue weighted by molar-refractivity contribution is 7.95. The summed E-state index contributed by atoms with van der Waals surface area (Å²) in [5.74, 6) is 0. The second kappa shape index (κ2) is 10.6. The smallest absolute Gasteiger partial charge is 0.277 e. The molecule has 0 unspecified atom stereocenters. The Balaban J connectivity index is 0.00000289. The van der Waals surface area contributed by atoms with Crippen LogP contribution in [-0.2, 0) is 6.16 Å². The van der Waals surface area contributed by atoms with Gasteiger partial charge in [0, 0.05) is 6.07 Å². The van der Waals surface area contributed by atoms with Crippen LogP contribution in [0.5, 0.6) is 0 Å². The normalized spacial score (nSPS) is 10.9. The van der Waals surface area contributed by atoms with Crippen molar-refractivity contribution in [3.8, 4) is 0 Å². The van der Waals surface area contributed by atoms with Crippen molar-refractivity contribution >= 4 is 52.1 Å². The average Bonchev–Trinajstić information content (AvgIpc) is 2.81. The van der Waals surface area contributed by atoms with Crippen molar-refractivity contribution in [2.24, 2.45) is 0 Å². The zero-order chi connectivity index (χ0) is 21.8. The van der Waals surface area contributed by atoms with Gasteiger partial charge in [-0.3, -0.25) is 10.1 Å². The highest BCUT2D eigenvalue weighted by atomic mass is 79.9. The Morgan fingerprint density at radius 2 is 1.06 bits per heavy atom. The van der Waals surface area contributed by atoms with Crippen LogP contribution in [0.25, 0.3) is 0 Å². The lowest BCUT2D eigenvalue weighted by atomic mass is 10.2. The fourth-order valence-corrected chi connectivity index (χ4v) is 8.49. The third kappa shape index (κ3) is 4.74. The van der Waals surface area contributed by atoms with E-state index in [1.165, 1.54) is 6.07 Å². The zero-order valence-corrected chi connectivity index (χ0v) is 20.9. The number of hydrogen-bond donors (Lipinski definition) is 0. The summed E-state index contributed by atoms with van der Waals surface area (Å²) in [6.45, 7) is 0. The molecule has 4 rings (SSSR count). The SMILES string of the molecule is O=[N+]([O-])c1cc(Cl)c(Cl)cc1C[P+](c1ccccc1)(c1ccccc1)c1ccccc1.[Br-]. The molecule has 0 atom stereocenters. The van der Waals surface area contributed by atoms with E-state index in [0.717, 1.165) is 15.9 Å². The summed E-state index contributed by atoms with van der Waals surface area (Å²) < 4.78 is 0. The molecule has 0 saturated heterocycles. The number of nitro benzene ring substituents is 1. The Bertz CT molecular complexity index is 1110. The molecule has 7 heteroatoms. The maximum Gasteiger partial charge on any atom is 0.277 e. The van der Waals surface area contributed by atoms with Crippen LogP contribution in [0.3, 0.4) is 0 Å². The number of nitrogens with zero attached hydrogens (tertiary/aromatic N) is 1. The van der Waals surface area contributed by atoms with Gasteiger partial charge in [-0.05, 0) is 42.5 Å². The molecular formula is C25H19BrCl2NO2P. The van der Waals surface area contributed by atoms with E-state index in [2.05, 4.69) is 36.4 Å². The van der Waals surface area contributed by atoms with Crippen molar-refractivity contribution in [1.82, 2.24) is 0 Å². The number of rotatable bonds is 6. The first kappa shape index (κ1) is 24.4. The van der Waals surface area contributed by atoms with Gasteiger partial charge >= 0.3 is 0 Å². The van der Waals surface area contributed by atoms with Gasteiger partial charge in [-0.2, -0.15) is 0 Å². The molecule has 4 aromatic rings. The first-order valence-electron chi connectivity index (χ1n) is 9.69. The van der Waals surface area contributed by atoms with E-state index < -0.39 is 7.26 Å². The molecule has 32 heavy (non-hydrogen) atoms. The molecule has 0 radical (unpaired) electrons. The summed E-state index contributed by atoms with van der Waals surface area (Å²) in [4.78, 5) is 11.5. The summed E-state index contributed by atoms with van der Waals surface area (Å²) in [6.07, 6.45) is 0.457. The largest absolute Gasteiger partial charge is 1.00 e. The lowest BCUT2D eigenvalue weighted by Gasteiger charge is -2.27. The second-order valence-corrected chi connectivity index (χ2v) is 11.4. The highest BCUT2D eigenvalue weighted by Gasteiger charge is 2.46. The number of benzene rings is 4. The van der Waals surface area contributed by atoms with Gasteiger partial charge in [0.1, 0.15) is 29.3 Å². The fourth-order valence-electron chi connectivity index (χ4n) is 3.90. The van der Waals surface area contributed by atoms with E-state index in [-0.39, 0.29) is 32.6 Å². The number of halogens is 3. The standard InChI is InChI=1S/C25H19Cl2NO2P.BrH/c26-23-16-19(25(28(29)30)17-24(23)27)18-31(20-10-4-1-5-11-20,21-12-6-2-7-13-21)22-14-8-3-9-15-22;/h1-17H,18H2;1H/q+1;/p-1. The zero-order valence-electron chi connectivity index (χ0n) is 16.9. The van der Waals surface area contributed by atoms with E-state index in [9.17, 15) is 10.1 Å². The Morgan fingerprint density at radius 3 is 1.44 bits per heavy atom. The van der Waals surface area contributed by atoms with Gasteiger partial charge in [0.2, 0.25) is 0 Å². The van der Waals surface area contributed by atoms with Gasteiger partial charge in [0.15, 0.2) is 0 Å². The Morgan fingerprint density at radius 1 is 0.688 bits per heavy atom. The van der Waals surface area contributed by atoms with Crippen LogP contribution >= 0.6 is 30.5 Å². The lowest BCUT2D eigenvalue weighted by molar-refractivity contribution is -0.385. The van der Waals surface area contributed by atoms with Crippen LogP contribution < -0.4 is 32.9 Å². The highest BCUT2D eigenvalue weighted by Crippen LogP contribution is 2.59. The second-order valence-electron chi connectivity index (χ2n) is 7.13. The van der Waals surface area contributed by atoms with Crippen molar-refractivity contribution in [3.05, 3.63) is 129 Å². The summed E-state index contributed by atoms with van der Waals surface area (Å²) in [7, 11) is -2.28. The molecule has 4 aromatic carbocycles. The Labute approximate surface area is 208 Å². The van der Waals surface area contributed by atoms with E-state index in [1.54, 1.807) is 6.07 Å². The van der Waals surface area contributed by atoms with Crippen molar-refractivity contribution in [2.45, 2.75) is 6.16 Å². The van der Waals surface area contributed by atoms with E-state index in [1.807, 2.05) is 54.6 Å². The molecule has 0 aliphatic carbocycles. The number of nitro groups is 1. The van der Waals surface area contributed by atoms with Gasteiger partial charge in [0.05, 0.1) is 20.5 Å². The van der Waals surface area contributed by atoms with Gasteiger partial charge in [-0.25, -0.2) is 0 Å². The van der Waals surface area contributed by atoms with Gasteiger partial charge in [0.25, 0.3) is 5.69 Å². The minimum atomic E-state index is -2.28. The molecule has 0 amide bonds. The molecule has 0 spiro atoms. The van der Waals surface area contributed by atoms with Gasteiger partial charge in [-0.15, -0.1) is 0 Å². The molecule has 0 aromatic heterocycles. The minimum absolute atomic E-state index is 0. The van der Waals surface area contributed by atoms with Crippen LogP contribution in [-0.4, -0.2) is 4.92 Å². The van der Waals surface area contributed by atoms with Gasteiger partial charge < -0.3 is 17.0 Å². The van der Waals surface area contributed by atoms with Crippen LogP contribution in [0.1, 0.15) is 5.56 Å². The molecule has 3 nitrogen and oxygen atoms in total. The third-order valence-corrected chi connectivity index (χ3v) is 10.4. The summed E-state index contributed by atoms with van der Waals surface area (Å²) in [6, 6.07) is 33.7. The predicted molar refractivity (Wildman–Crippen MR) is 132 cm³/mol. The quantitative estimate of drug-likeness (QED) is 0.211. The maximum atomic E-state index is 11.9. The first-order valence-corrected chi connectivity index (χ1v) is 12.4.